The molecule has 0 aromatic rings. The van der Waals surface area contributed by atoms with E-state index in [1.807, 2.05) is 7.11 Å². The van der Waals surface area contributed by atoms with Gasteiger partial charge in [0.25, 0.3) is 0 Å². The number of rotatable bonds is 10. The molecule has 0 bridgehead atoms. The molecule has 0 amide bonds. The highest BCUT2D eigenvalue weighted by Gasteiger charge is 2.20. The van der Waals surface area contributed by atoms with Gasteiger partial charge < -0.3 is 14.5 Å². The molecule has 22 heavy (non-hydrogen) atoms. The molecule has 1 heterocycles. The second-order valence-corrected chi connectivity index (χ2v) is 8.37. The van der Waals surface area contributed by atoms with Gasteiger partial charge in [0.2, 0.25) is 0 Å². The lowest BCUT2D eigenvalue weighted by Gasteiger charge is -2.35. The molecule has 1 saturated heterocycles. The number of hydrogen-bond donors (Lipinski definition) is 0. The monoisotopic (exact) mass is 312 g/mol. The molecule has 132 valence electrons. The summed E-state index contributed by atoms with van der Waals surface area (Å²) in [5.74, 6) is 0. The van der Waals surface area contributed by atoms with Crippen molar-refractivity contribution in [2.45, 2.75) is 72.3 Å². The van der Waals surface area contributed by atoms with Crippen LogP contribution in [0.3, 0.4) is 0 Å². The number of piperazine rings is 1. The first-order chi connectivity index (χ1) is 10.3. The summed E-state index contributed by atoms with van der Waals surface area (Å²) in [5.41, 5.74) is 0.559. The van der Waals surface area contributed by atoms with Gasteiger partial charge in [-0.3, -0.25) is 0 Å². The highest BCUT2D eigenvalue weighted by molar-refractivity contribution is 4.75. The Morgan fingerprint density at radius 3 is 1.68 bits per heavy atom. The molecule has 1 rings (SSSR count). The van der Waals surface area contributed by atoms with Crippen LogP contribution in [0.25, 0.3) is 0 Å². The average Bonchev–Trinajstić information content (AvgIpc) is 2.48. The minimum Gasteiger partial charge on any atom is -0.379 e. The first kappa shape index (κ1) is 19.9. The summed E-state index contributed by atoms with van der Waals surface area (Å²) in [6.07, 6.45) is 6.39. The molecular formula is C19H40N2O. The highest BCUT2D eigenvalue weighted by Crippen LogP contribution is 2.26. The fourth-order valence-electron chi connectivity index (χ4n) is 3.02. The van der Waals surface area contributed by atoms with E-state index in [-0.39, 0.29) is 5.60 Å². The lowest BCUT2D eigenvalue weighted by Crippen LogP contribution is -2.47. The molecule has 0 saturated carbocycles. The molecule has 0 spiro atoms. The fraction of sp³-hybridized carbons (Fsp3) is 1.00. The third-order valence-electron chi connectivity index (χ3n) is 5.56. The zero-order valence-electron chi connectivity index (χ0n) is 16.1. The lowest BCUT2D eigenvalue weighted by molar-refractivity contribution is 0.0105. The molecule has 3 heteroatoms. The van der Waals surface area contributed by atoms with Crippen molar-refractivity contribution in [2.24, 2.45) is 5.41 Å². The Kier molecular flexibility index (Phi) is 8.37. The Morgan fingerprint density at radius 1 is 0.818 bits per heavy atom. The predicted molar refractivity (Wildman–Crippen MR) is 96.5 cm³/mol. The quantitative estimate of drug-likeness (QED) is 0.606. The topological polar surface area (TPSA) is 15.7 Å². The maximum atomic E-state index is 5.50. The Bertz CT molecular complexity index is 264. The van der Waals surface area contributed by atoms with Crippen LogP contribution >= 0.6 is 0 Å². The van der Waals surface area contributed by atoms with Gasteiger partial charge in [-0.1, -0.05) is 27.2 Å². The average molecular weight is 313 g/mol. The smallest absolute Gasteiger partial charge is 0.0623 e. The van der Waals surface area contributed by atoms with E-state index in [2.05, 4.69) is 44.4 Å². The molecule has 1 aliphatic heterocycles. The van der Waals surface area contributed by atoms with Crippen LogP contribution in [-0.4, -0.2) is 61.8 Å². The van der Waals surface area contributed by atoms with E-state index >= 15 is 0 Å². The normalized spacial score (nSPS) is 18.8. The van der Waals surface area contributed by atoms with Crippen LogP contribution in [-0.2, 0) is 4.74 Å². The van der Waals surface area contributed by atoms with Crippen molar-refractivity contribution in [3.8, 4) is 0 Å². The highest BCUT2D eigenvalue weighted by atomic mass is 16.5. The van der Waals surface area contributed by atoms with Crippen LogP contribution in [0, 0.1) is 5.41 Å². The van der Waals surface area contributed by atoms with Crippen molar-refractivity contribution in [2.75, 3.05) is 46.4 Å². The second kappa shape index (κ2) is 9.24. The summed E-state index contributed by atoms with van der Waals surface area (Å²) >= 11 is 0. The summed E-state index contributed by atoms with van der Waals surface area (Å²) in [7, 11) is 1.82. The summed E-state index contributed by atoms with van der Waals surface area (Å²) in [6, 6.07) is 0. The zero-order chi connectivity index (χ0) is 16.6. The molecule has 0 unspecified atom stereocenters. The number of ether oxygens (including phenoxy) is 1. The van der Waals surface area contributed by atoms with Crippen molar-refractivity contribution in [1.29, 1.82) is 0 Å². The summed E-state index contributed by atoms with van der Waals surface area (Å²) in [6.45, 7) is 19.0. The van der Waals surface area contributed by atoms with Crippen molar-refractivity contribution in [3.63, 3.8) is 0 Å². The van der Waals surface area contributed by atoms with Gasteiger partial charge in [-0.25, -0.2) is 0 Å². The van der Waals surface area contributed by atoms with E-state index in [1.54, 1.807) is 0 Å². The van der Waals surface area contributed by atoms with Crippen LogP contribution in [0.1, 0.15) is 66.7 Å². The van der Waals surface area contributed by atoms with Crippen LogP contribution in [0.15, 0.2) is 0 Å². The van der Waals surface area contributed by atoms with E-state index in [0.717, 1.165) is 6.42 Å². The van der Waals surface area contributed by atoms with Gasteiger partial charge in [0.1, 0.15) is 0 Å². The van der Waals surface area contributed by atoms with E-state index < -0.39 is 0 Å². The molecule has 0 N–H and O–H groups in total. The van der Waals surface area contributed by atoms with Crippen LogP contribution in [0.2, 0.25) is 0 Å². The van der Waals surface area contributed by atoms with E-state index in [0.29, 0.717) is 5.41 Å². The van der Waals surface area contributed by atoms with Crippen molar-refractivity contribution in [3.05, 3.63) is 0 Å². The van der Waals surface area contributed by atoms with Gasteiger partial charge in [0.05, 0.1) is 5.60 Å². The SMILES string of the molecule is CCC(C)(C)CCCN1CCN(CCCC(C)(C)OC)CC1. The first-order valence-corrected chi connectivity index (χ1v) is 9.28. The molecule has 0 atom stereocenters. The summed E-state index contributed by atoms with van der Waals surface area (Å²) in [4.78, 5) is 5.28. The molecule has 3 nitrogen and oxygen atoms in total. The van der Waals surface area contributed by atoms with Crippen LogP contribution < -0.4 is 0 Å². The molecule has 0 radical (unpaired) electrons. The Balaban J connectivity index is 2.11. The summed E-state index contributed by atoms with van der Waals surface area (Å²) in [5, 5.41) is 0. The number of nitrogens with zero attached hydrogens (tertiary/aromatic N) is 2. The van der Waals surface area contributed by atoms with E-state index in [9.17, 15) is 0 Å². The van der Waals surface area contributed by atoms with Gasteiger partial charge in [-0.2, -0.15) is 0 Å². The minimum absolute atomic E-state index is 0.0356. The maximum Gasteiger partial charge on any atom is 0.0623 e. The van der Waals surface area contributed by atoms with Crippen molar-refractivity contribution < 1.29 is 4.74 Å². The zero-order valence-corrected chi connectivity index (χ0v) is 16.1. The molecule has 0 aliphatic carbocycles. The van der Waals surface area contributed by atoms with Gasteiger partial charge in [-0.15, -0.1) is 0 Å². The maximum absolute atomic E-state index is 5.50. The lowest BCUT2D eigenvalue weighted by atomic mass is 9.85. The molecule has 0 aromatic carbocycles. The molecular weight excluding hydrogens is 272 g/mol. The van der Waals surface area contributed by atoms with Crippen molar-refractivity contribution in [1.82, 2.24) is 9.80 Å². The number of hydrogen-bond acceptors (Lipinski definition) is 3. The van der Waals surface area contributed by atoms with E-state index in [1.165, 1.54) is 65.0 Å². The third kappa shape index (κ3) is 7.94. The fourth-order valence-corrected chi connectivity index (χ4v) is 3.02. The van der Waals surface area contributed by atoms with Gasteiger partial charge in [0.15, 0.2) is 0 Å². The van der Waals surface area contributed by atoms with Gasteiger partial charge >= 0.3 is 0 Å². The van der Waals surface area contributed by atoms with Crippen LogP contribution in [0.5, 0.6) is 0 Å². The predicted octanol–water partition coefficient (Wildman–Crippen LogP) is 4.03. The van der Waals surface area contributed by atoms with Gasteiger partial charge in [-0.05, 0) is 58.0 Å². The number of methoxy groups -OCH3 is 1. The van der Waals surface area contributed by atoms with Crippen LogP contribution in [0.4, 0.5) is 0 Å². The van der Waals surface area contributed by atoms with E-state index in [4.69, 9.17) is 4.74 Å². The standard InChI is InChI=1S/C19H40N2O/c1-7-18(2,3)10-8-12-20-14-16-21(17-15-20)13-9-11-19(4,5)22-6/h7-17H2,1-6H3. The summed E-state index contributed by atoms with van der Waals surface area (Å²) < 4.78 is 5.50. The van der Waals surface area contributed by atoms with Crippen molar-refractivity contribution >= 4 is 0 Å². The Hall–Kier alpha value is -0.120. The molecule has 0 aromatic heterocycles. The molecule has 1 aliphatic rings. The largest absolute Gasteiger partial charge is 0.379 e. The molecule has 1 fully saturated rings. The Labute approximate surface area is 139 Å². The minimum atomic E-state index is 0.0356. The Morgan fingerprint density at radius 2 is 1.27 bits per heavy atom. The van der Waals surface area contributed by atoms with Gasteiger partial charge in [0, 0.05) is 33.3 Å². The first-order valence-electron chi connectivity index (χ1n) is 9.28. The third-order valence-corrected chi connectivity index (χ3v) is 5.56. The second-order valence-electron chi connectivity index (χ2n) is 8.37.